The predicted octanol–water partition coefficient (Wildman–Crippen LogP) is 2.62. The summed E-state index contributed by atoms with van der Waals surface area (Å²) in [7, 11) is 1.49. The lowest BCUT2D eigenvalue weighted by Crippen LogP contribution is -1.89. The number of halogens is 1. The first kappa shape index (κ1) is 10.8. The maximum atomic E-state index is 9.83. The maximum Gasteiger partial charge on any atom is 0.218 e. The standard InChI is InChI=1S/C11H10ClNO3/c1-5-10(14)6-3-7(12)9(16-2)4-8(6)13-11(5)15/h3-4H,1-2H3,(H2,13,14,15). The molecule has 2 N–H and O–H groups in total. The zero-order chi connectivity index (χ0) is 11.9. The van der Waals surface area contributed by atoms with E-state index in [1.54, 1.807) is 19.1 Å². The summed E-state index contributed by atoms with van der Waals surface area (Å²) in [4.78, 5) is 3.94. The number of hydrogen-bond donors (Lipinski definition) is 2. The molecule has 16 heavy (non-hydrogen) atoms. The Kier molecular flexibility index (Phi) is 2.52. The molecular weight excluding hydrogens is 230 g/mol. The van der Waals surface area contributed by atoms with E-state index in [0.717, 1.165) is 0 Å². The van der Waals surface area contributed by atoms with Crippen LogP contribution in [0.3, 0.4) is 0 Å². The van der Waals surface area contributed by atoms with Gasteiger partial charge in [-0.25, -0.2) is 4.98 Å². The van der Waals surface area contributed by atoms with E-state index in [1.165, 1.54) is 7.11 Å². The molecule has 1 aromatic heterocycles. The van der Waals surface area contributed by atoms with Crippen LogP contribution in [0.15, 0.2) is 12.1 Å². The molecule has 0 amide bonds. The number of aromatic nitrogens is 1. The topological polar surface area (TPSA) is 62.6 Å². The van der Waals surface area contributed by atoms with Crippen molar-refractivity contribution in [2.75, 3.05) is 7.11 Å². The molecule has 0 saturated carbocycles. The van der Waals surface area contributed by atoms with E-state index < -0.39 is 0 Å². The molecule has 1 aromatic carbocycles. The Bertz CT molecular complexity index is 569. The number of fused-ring (bicyclic) bond motifs is 1. The van der Waals surface area contributed by atoms with Crippen LogP contribution in [-0.4, -0.2) is 22.3 Å². The number of methoxy groups -OCH3 is 1. The Morgan fingerprint density at radius 3 is 2.62 bits per heavy atom. The van der Waals surface area contributed by atoms with Crippen molar-refractivity contribution in [1.82, 2.24) is 4.98 Å². The van der Waals surface area contributed by atoms with E-state index in [4.69, 9.17) is 16.3 Å². The molecule has 2 aromatic rings. The zero-order valence-electron chi connectivity index (χ0n) is 8.78. The van der Waals surface area contributed by atoms with Crippen molar-refractivity contribution in [1.29, 1.82) is 0 Å². The lowest BCUT2D eigenvalue weighted by molar-refractivity contribution is 0.415. The maximum absolute atomic E-state index is 9.83. The van der Waals surface area contributed by atoms with Crippen molar-refractivity contribution in [3.05, 3.63) is 22.7 Å². The fourth-order valence-corrected chi connectivity index (χ4v) is 1.73. The van der Waals surface area contributed by atoms with Gasteiger partial charge in [0.2, 0.25) is 5.88 Å². The van der Waals surface area contributed by atoms with Crippen LogP contribution in [0.5, 0.6) is 17.4 Å². The van der Waals surface area contributed by atoms with Gasteiger partial charge < -0.3 is 14.9 Å². The van der Waals surface area contributed by atoms with Crippen LogP contribution in [-0.2, 0) is 0 Å². The van der Waals surface area contributed by atoms with Gasteiger partial charge in [0, 0.05) is 11.5 Å². The monoisotopic (exact) mass is 239 g/mol. The summed E-state index contributed by atoms with van der Waals surface area (Å²) < 4.78 is 5.03. The van der Waals surface area contributed by atoms with Gasteiger partial charge in [0.25, 0.3) is 0 Å². The van der Waals surface area contributed by atoms with E-state index in [-0.39, 0.29) is 11.6 Å². The minimum atomic E-state index is -0.200. The Balaban J connectivity index is 2.86. The van der Waals surface area contributed by atoms with Gasteiger partial charge in [-0.3, -0.25) is 0 Å². The Hall–Kier alpha value is -1.68. The van der Waals surface area contributed by atoms with Gasteiger partial charge in [-0.2, -0.15) is 0 Å². The van der Waals surface area contributed by atoms with Crippen LogP contribution < -0.4 is 4.74 Å². The van der Waals surface area contributed by atoms with Gasteiger partial charge in [0.05, 0.1) is 23.2 Å². The lowest BCUT2D eigenvalue weighted by atomic mass is 10.1. The smallest absolute Gasteiger partial charge is 0.218 e. The molecule has 0 fully saturated rings. The highest BCUT2D eigenvalue weighted by Crippen LogP contribution is 2.37. The lowest BCUT2D eigenvalue weighted by Gasteiger charge is -2.08. The highest BCUT2D eigenvalue weighted by molar-refractivity contribution is 6.33. The highest BCUT2D eigenvalue weighted by atomic mass is 35.5. The van der Waals surface area contributed by atoms with Crippen LogP contribution in [0.1, 0.15) is 5.56 Å². The minimum absolute atomic E-state index is 0.0212. The van der Waals surface area contributed by atoms with Crippen molar-refractivity contribution < 1.29 is 14.9 Å². The third-order valence-electron chi connectivity index (χ3n) is 2.44. The molecule has 0 spiro atoms. The molecule has 0 aliphatic rings. The van der Waals surface area contributed by atoms with Gasteiger partial charge in [-0.05, 0) is 13.0 Å². The second-order valence-electron chi connectivity index (χ2n) is 3.41. The van der Waals surface area contributed by atoms with Crippen LogP contribution in [0, 0.1) is 6.92 Å². The normalized spacial score (nSPS) is 10.7. The molecule has 0 atom stereocenters. The van der Waals surface area contributed by atoms with Crippen molar-refractivity contribution in [3.63, 3.8) is 0 Å². The molecular formula is C11H10ClNO3. The predicted molar refractivity (Wildman–Crippen MR) is 61.4 cm³/mol. The molecule has 0 radical (unpaired) electrons. The summed E-state index contributed by atoms with van der Waals surface area (Å²) in [6.07, 6.45) is 0. The van der Waals surface area contributed by atoms with Crippen LogP contribution in [0.25, 0.3) is 10.9 Å². The minimum Gasteiger partial charge on any atom is -0.507 e. The molecule has 5 heteroatoms. The van der Waals surface area contributed by atoms with E-state index in [9.17, 15) is 10.2 Å². The highest BCUT2D eigenvalue weighted by Gasteiger charge is 2.13. The Morgan fingerprint density at radius 2 is 2.00 bits per heavy atom. The molecule has 4 nitrogen and oxygen atoms in total. The van der Waals surface area contributed by atoms with Crippen molar-refractivity contribution >= 4 is 22.5 Å². The summed E-state index contributed by atoms with van der Waals surface area (Å²) >= 11 is 5.94. The van der Waals surface area contributed by atoms with Crippen LogP contribution in [0.2, 0.25) is 5.02 Å². The molecule has 0 aliphatic carbocycles. The molecule has 1 heterocycles. The van der Waals surface area contributed by atoms with Gasteiger partial charge in [0.15, 0.2) is 0 Å². The molecule has 0 aliphatic heterocycles. The van der Waals surface area contributed by atoms with Crippen molar-refractivity contribution in [3.8, 4) is 17.4 Å². The summed E-state index contributed by atoms with van der Waals surface area (Å²) in [6.45, 7) is 1.58. The number of hydrogen-bond acceptors (Lipinski definition) is 4. The van der Waals surface area contributed by atoms with Gasteiger partial charge >= 0.3 is 0 Å². The second-order valence-corrected chi connectivity index (χ2v) is 3.82. The quantitative estimate of drug-likeness (QED) is 0.803. The fourth-order valence-electron chi connectivity index (χ4n) is 1.49. The summed E-state index contributed by atoms with van der Waals surface area (Å²) in [6, 6.07) is 3.13. The SMILES string of the molecule is COc1cc2nc(O)c(C)c(O)c2cc1Cl. The fraction of sp³-hybridized carbons (Fsp3) is 0.182. The van der Waals surface area contributed by atoms with E-state index in [0.29, 0.717) is 27.2 Å². The number of nitrogens with zero attached hydrogens (tertiary/aromatic N) is 1. The van der Waals surface area contributed by atoms with Gasteiger partial charge in [-0.15, -0.1) is 0 Å². The first-order chi connectivity index (χ1) is 7.54. The number of rotatable bonds is 1. The summed E-state index contributed by atoms with van der Waals surface area (Å²) in [5, 5.41) is 20.2. The summed E-state index contributed by atoms with van der Waals surface area (Å²) in [5.41, 5.74) is 0.760. The average molecular weight is 240 g/mol. The van der Waals surface area contributed by atoms with E-state index >= 15 is 0 Å². The third kappa shape index (κ3) is 1.51. The molecule has 84 valence electrons. The molecule has 0 bridgehead atoms. The Labute approximate surface area is 97.1 Å². The van der Waals surface area contributed by atoms with Gasteiger partial charge in [0.1, 0.15) is 11.5 Å². The second kappa shape index (κ2) is 3.72. The van der Waals surface area contributed by atoms with Crippen LogP contribution >= 0.6 is 11.6 Å². The van der Waals surface area contributed by atoms with Crippen molar-refractivity contribution in [2.45, 2.75) is 6.92 Å². The van der Waals surface area contributed by atoms with E-state index in [1.807, 2.05) is 0 Å². The van der Waals surface area contributed by atoms with E-state index in [2.05, 4.69) is 4.98 Å². The van der Waals surface area contributed by atoms with Crippen LogP contribution in [0.4, 0.5) is 0 Å². The first-order valence-corrected chi connectivity index (χ1v) is 4.98. The van der Waals surface area contributed by atoms with Crippen molar-refractivity contribution in [2.24, 2.45) is 0 Å². The third-order valence-corrected chi connectivity index (χ3v) is 2.74. The molecule has 2 rings (SSSR count). The number of aromatic hydroxyl groups is 2. The zero-order valence-corrected chi connectivity index (χ0v) is 9.54. The average Bonchev–Trinajstić information content (AvgIpc) is 2.27. The Morgan fingerprint density at radius 1 is 1.31 bits per heavy atom. The first-order valence-electron chi connectivity index (χ1n) is 4.60. The molecule has 0 unspecified atom stereocenters. The number of ether oxygens (including phenoxy) is 1. The number of pyridine rings is 1. The summed E-state index contributed by atoms with van der Waals surface area (Å²) in [5.74, 6) is 0.228. The number of benzene rings is 1. The van der Waals surface area contributed by atoms with Gasteiger partial charge in [-0.1, -0.05) is 11.6 Å². The largest absolute Gasteiger partial charge is 0.507 e. The molecule has 0 saturated heterocycles.